The van der Waals surface area contributed by atoms with Crippen LogP contribution in [-0.2, 0) is 4.57 Å². The van der Waals surface area contributed by atoms with Crippen molar-refractivity contribution < 1.29 is 9.46 Å². The van der Waals surface area contributed by atoms with Crippen molar-refractivity contribution in [1.29, 1.82) is 0 Å². The second-order valence-corrected chi connectivity index (χ2v) is 4.57. The quantitative estimate of drug-likeness (QED) is 0.605. The van der Waals surface area contributed by atoms with Crippen LogP contribution in [0.4, 0.5) is 5.95 Å². The Morgan fingerprint density at radius 3 is 3.00 bits per heavy atom. The average Bonchev–Trinajstić information content (AvgIpc) is 2.69. The molecule has 3 aromatic rings. The Hall–Kier alpha value is -2.04. The first-order chi connectivity index (χ1) is 8.16. The maximum atomic E-state index is 11.2. The fourth-order valence-corrected chi connectivity index (χ4v) is 2.43. The zero-order chi connectivity index (χ0) is 12.0. The molecular weight excluding hydrogens is 239 g/mol. The first kappa shape index (κ1) is 10.1. The number of imidazole rings is 1. The molecular formula is C10H7N4O2P. The summed E-state index contributed by atoms with van der Waals surface area (Å²) in [5.74, 6) is 0.177. The number of nitrogens with one attached hydrogen (secondary N) is 1. The summed E-state index contributed by atoms with van der Waals surface area (Å²) in [6.07, 6.45) is 1.63. The monoisotopic (exact) mass is 246 g/mol. The Bertz CT molecular complexity index is 752. The molecule has 0 radical (unpaired) electrons. The molecule has 2 heterocycles. The van der Waals surface area contributed by atoms with Gasteiger partial charge in [-0.15, -0.1) is 0 Å². The highest BCUT2D eigenvalue weighted by Gasteiger charge is 2.19. The molecule has 0 fully saturated rings. The number of benzene rings is 1. The molecule has 1 atom stereocenters. The molecule has 0 amide bonds. The predicted molar refractivity (Wildman–Crippen MR) is 63.0 cm³/mol. The first-order valence-electron chi connectivity index (χ1n) is 4.84. The minimum absolute atomic E-state index is 0.177. The first-order valence-corrected chi connectivity index (χ1v) is 6.02. The SMILES string of the molecule is Nc1nc2c([nH]1)c([P+](=O)[O-])cc1cccnc12. The molecule has 2 aromatic heterocycles. The molecule has 17 heavy (non-hydrogen) atoms. The molecule has 0 saturated heterocycles. The molecule has 1 aromatic carbocycles. The van der Waals surface area contributed by atoms with Crippen LogP contribution in [0.5, 0.6) is 0 Å². The summed E-state index contributed by atoms with van der Waals surface area (Å²) in [6, 6.07) is 5.09. The fraction of sp³-hybridized carbons (Fsp3) is 0. The summed E-state index contributed by atoms with van der Waals surface area (Å²) < 4.78 is 11.2. The summed E-state index contributed by atoms with van der Waals surface area (Å²) >= 11 is 0. The van der Waals surface area contributed by atoms with Crippen molar-refractivity contribution in [3.63, 3.8) is 0 Å². The molecule has 0 spiro atoms. The lowest BCUT2D eigenvalue weighted by atomic mass is 10.2. The number of aromatic nitrogens is 3. The van der Waals surface area contributed by atoms with Gasteiger partial charge in [0.25, 0.3) is 0 Å². The summed E-state index contributed by atoms with van der Waals surface area (Å²) in [7, 11) is -2.71. The molecule has 6 nitrogen and oxygen atoms in total. The van der Waals surface area contributed by atoms with Crippen LogP contribution in [-0.4, -0.2) is 15.0 Å². The molecule has 0 aliphatic heterocycles. The molecule has 3 rings (SSSR count). The van der Waals surface area contributed by atoms with E-state index >= 15 is 0 Å². The lowest BCUT2D eigenvalue weighted by Gasteiger charge is -1.98. The van der Waals surface area contributed by atoms with Crippen molar-refractivity contribution >= 4 is 41.2 Å². The van der Waals surface area contributed by atoms with Gasteiger partial charge in [-0.3, -0.25) is 4.98 Å². The molecule has 0 aliphatic carbocycles. The number of aromatic amines is 1. The standard InChI is InChI=1S/C10H7N4O2P/c11-10-13-8-6(17(15)16)4-5-2-1-3-12-7(5)9(8)14-10/h1-4H,(H3,11,13,14). The van der Waals surface area contributed by atoms with Gasteiger partial charge >= 0.3 is 8.03 Å². The number of rotatable bonds is 1. The van der Waals surface area contributed by atoms with Crippen LogP contribution in [0.1, 0.15) is 0 Å². The van der Waals surface area contributed by atoms with Crippen molar-refractivity contribution in [2.24, 2.45) is 0 Å². The Balaban J connectivity index is 2.58. The summed E-state index contributed by atoms with van der Waals surface area (Å²) in [6.45, 7) is 0. The minimum Gasteiger partial charge on any atom is -0.591 e. The Morgan fingerprint density at radius 2 is 2.24 bits per heavy atom. The largest absolute Gasteiger partial charge is 0.591 e. The number of nitrogens with zero attached hydrogens (tertiary/aromatic N) is 2. The van der Waals surface area contributed by atoms with Gasteiger partial charge in [0.1, 0.15) is 11.0 Å². The van der Waals surface area contributed by atoms with Gasteiger partial charge in [-0.1, -0.05) is 10.6 Å². The summed E-state index contributed by atoms with van der Waals surface area (Å²) in [4.78, 5) is 22.2. The zero-order valence-corrected chi connectivity index (χ0v) is 9.44. The van der Waals surface area contributed by atoms with Crippen LogP contribution in [0.3, 0.4) is 0 Å². The van der Waals surface area contributed by atoms with Crippen molar-refractivity contribution in [1.82, 2.24) is 15.0 Å². The number of nitrogens with two attached hydrogens (primary N) is 1. The van der Waals surface area contributed by atoms with Crippen LogP contribution < -0.4 is 15.9 Å². The van der Waals surface area contributed by atoms with E-state index in [2.05, 4.69) is 15.0 Å². The molecule has 0 aliphatic rings. The average molecular weight is 246 g/mol. The molecule has 84 valence electrons. The molecule has 3 N–H and O–H groups in total. The second kappa shape index (κ2) is 3.48. The smallest absolute Gasteiger partial charge is 0.351 e. The number of anilines is 1. The highest BCUT2D eigenvalue weighted by molar-refractivity contribution is 7.46. The van der Waals surface area contributed by atoms with Gasteiger partial charge in [0.15, 0.2) is 5.95 Å². The summed E-state index contributed by atoms with van der Waals surface area (Å²) in [5.41, 5.74) is 7.08. The molecule has 7 heteroatoms. The van der Waals surface area contributed by atoms with Crippen molar-refractivity contribution in [2.45, 2.75) is 0 Å². The van der Waals surface area contributed by atoms with E-state index in [1.54, 1.807) is 24.4 Å². The highest BCUT2D eigenvalue weighted by Crippen LogP contribution is 2.25. The van der Waals surface area contributed by atoms with E-state index in [-0.39, 0.29) is 11.3 Å². The normalized spacial score (nSPS) is 12.2. The lowest BCUT2D eigenvalue weighted by Crippen LogP contribution is -2.06. The second-order valence-electron chi connectivity index (χ2n) is 3.57. The maximum Gasteiger partial charge on any atom is 0.351 e. The molecule has 0 saturated carbocycles. The van der Waals surface area contributed by atoms with E-state index in [4.69, 9.17) is 5.73 Å². The number of fused-ring (bicyclic) bond motifs is 3. The van der Waals surface area contributed by atoms with Crippen LogP contribution in [0.15, 0.2) is 24.4 Å². The number of nitrogen functional groups attached to an aromatic ring is 1. The summed E-state index contributed by atoms with van der Waals surface area (Å²) in [5, 5.41) is 0.903. The van der Waals surface area contributed by atoms with Crippen LogP contribution in [0.2, 0.25) is 0 Å². The van der Waals surface area contributed by atoms with Crippen LogP contribution in [0, 0.1) is 0 Å². The molecule has 1 unspecified atom stereocenters. The van der Waals surface area contributed by atoms with Crippen molar-refractivity contribution in [3.05, 3.63) is 24.4 Å². The topological polar surface area (TPSA) is 108 Å². The van der Waals surface area contributed by atoms with Gasteiger partial charge in [-0.05, 0) is 6.07 Å². The number of pyridine rings is 1. The van der Waals surface area contributed by atoms with Gasteiger partial charge in [-0.2, -0.15) is 0 Å². The van der Waals surface area contributed by atoms with Gasteiger partial charge in [0.05, 0.1) is 5.52 Å². The lowest BCUT2D eigenvalue weighted by molar-refractivity contribution is -0.160. The predicted octanol–water partition coefficient (Wildman–Crippen LogP) is 0.421. The number of H-pyrrole nitrogens is 1. The van der Waals surface area contributed by atoms with Crippen LogP contribution >= 0.6 is 8.03 Å². The number of hydrogen-bond donors (Lipinski definition) is 2. The third kappa shape index (κ3) is 1.46. The van der Waals surface area contributed by atoms with E-state index < -0.39 is 8.03 Å². The van der Waals surface area contributed by atoms with Gasteiger partial charge in [0.2, 0.25) is 5.30 Å². The fourth-order valence-electron chi connectivity index (χ4n) is 1.84. The van der Waals surface area contributed by atoms with E-state index in [0.29, 0.717) is 16.6 Å². The zero-order valence-electron chi connectivity index (χ0n) is 8.54. The third-order valence-electron chi connectivity index (χ3n) is 2.53. The van der Waals surface area contributed by atoms with Crippen molar-refractivity contribution in [2.75, 3.05) is 5.73 Å². The molecule has 0 bridgehead atoms. The van der Waals surface area contributed by atoms with Crippen LogP contribution in [0.25, 0.3) is 21.9 Å². The van der Waals surface area contributed by atoms with Gasteiger partial charge in [-0.25, -0.2) is 4.98 Å². The maximum absolute atomic E-state index is 11.2. The highest BCUT2D eigenvalue weighted by atomic mass is 31.1. The van der Waals surface area contributed by atoms with Gasteiger partial charge in [0, 0.05) is 17.6 Å². The third-order valence-corrected chi connectivity index (χ3v) is 3.28. The Morgan fingerprint density at radius 1 is 1.41 bits per heavy atom. The van der Waals surface area contributed by atoms with Gasteiger partial charge < -0.3 is 15.6 Å². The Labute approximate surface area is 96.4 Å². The minimum atomic E-state index is -2.71. The van der Waals surface area contributed by atoms with Crippen molar-refractivity contribution in [3.8, 4) is 0 Å². The van der Waals surface area contributed by atoms with E-state index in [1.807, 2.05) is 0 Å². The number of hydrogen-bond acceptors (Lipinski definition) is 5. The van der Waals surface area contributed by atoms with E-state index in [9.17, 15) is 9.46 Å². The Kier molecular flexibility index (Phi) is 2.07. The van der Waals surface area contributed by atoms with E-state index in [0.717, 1.165) is 5.39 Å². The van der Waals surface area contributed by atoms with E-state index in [1.165, 1.54) is 0 Å².